The van der Waals surface area contributed by atoms with E-state index >= 15 is 0 Å². The molecule has 2 aromatic carbocycles. The summed E-state index contributed by atoms with van der Waals surface area (Å²) in [5.41, 5.74) is 8.76. The molecule has 0 radical (unpaired) electrons. The number of allylic oxidation sites excluding steroid dienone is 2. The Balaban J connectivity index is 2.34. The van der Waals surface area contributed by atoms with E-state index in [1.54, 1.807) is 11.8 Å². The molecule has 0 amide bonds. The quantitative estimate of drug-likeness (QED) is 0.477. The molecule has 0 atom stereocenters. The Morgan fingerprint density at radius 1 is 1.15 bits per heavy atom. The van der Waals surface area contributed by atoms with E-state index in [-0.39, 0.29) is 0 Å². The average molecular weight is 282 g/mol. The molecule has 3 heteroatoms. The maximum absolute atomic E-state index is 5.72. The zero-order chi connectivity index (χ0) is 14.4. The molecule has 2 nitrogen and oxygen atoms in total. The van der Waals surface area contributed by atoms with E-state index in [0.29, 0.717) is 0 Å². The molecule has 0 heterocycles. The van der Waals surface area contributed by atoms with Crippen LogP contribution in [0.25, 0.3) is 4.91 Å². The standard InChI is InChI=1S/C17H18N2S/c1-3-6-17(15-7-4-5-8-16(15)19-2)20-14-11-9-13(18)10-12-14/h3-12,19H,1,18H2,2H3/b17-6+. The Bertz CT molecular complexity index is 615. The highest BCUT2D eigenvalue weighted by Gasteiger charge is 2.07. The number of benzene rings is 2. The van der Waals surface area contributed by atoms with Crippen LogP contribution in [0.15, 0.2) is 72.2 Å². The van der Waals surface area contributed by atoms with Gasteiger partial charge in [0.2, 0.25) is 0 Å². The first-order chi connectivity index (χ1) is 9.74. The normalized spacial score (nSPS) is 11.2. The van der Waals surface area contributed by atoms with E-state index in [4.69, 9.17) is 5.73 Å². The van der Waals surface area contributed by atoms with Gasteiger partial charge in [0.15, 0.2) is 0 Å². The minimum atomic E-state index is 0.777. The van der Waals surface area contributed by atoms with Crippen LogP contribution in [0.2, 0.25) is 0 Å². The lowest BCUT2D eigenvalue weighted by Gasteiger charge is -2.12. The summed E-state index contributed by atoms with van der Waals surface area (Å²) < 4.78 is 0. The van der Waals surface area contributed by atoms with Gasteiger partial charge in [0.1, 0.15) is 0 Å². The van der Waals surface area contributed by atoms with Crippen LogP contribution in [-0.2, 0) is 0 Å². The maximum atomic E-state index is 5.72. The summed E-state index contributed by atoms with van der Waals surface area (Å²) in [6, 6.07) is 16.1. The highest BCUT2D eigenvalue weighted by atomic mass is 32.2. The third-order valence-corrected chi connectivity index (χ3v) is 3.92. The van der Waals surface area contributed by atoms with Crippen LogP contribution in [0.1, 0.15) is 5.56 Å². The second kappa shape index (κ2) is 6.87. The minimum absolute atomic E-state index is 0.777. The fourth-order valence-electron chi connectivity index (χ4n) is 1.86. The number of anilines is 2. The van der Waals surface area contributed by atoms with Gasteiger partial charge in [-0.3, -0.25) is 0 Å². The summed E-state index contributed by atoms with van der Waals surface area (Å²) in [5, 5.41) is 3.22. The van der Waals surface area contributed by atoms with Gasteiger partial charge in [0.25, 0.3) is 0 Å². The Morgan fingerprint density at radius 3 is 2.50 bits per heavy atom. The molecule has 0 bridgehead atoms. The van der Waals surface area contributed by atoms with Crippen LogP contribution >= 0.6 is 11.8 Å². The van der Waals surface area contributed by atoms with Crippen molar-refractivity contribution in [2.75, 3.05) is 18.1 Å². The Labute approximate surface area is 124 Å². The van der Waals surface area contributed by atoms with E-state index in [9.17, 15) is 0 Å². The van der Waals surface area contributed by atoms with Gasteiger partial charge in [0, 0.05) is 33.8 Å². The fourth-order valence-corrected chi connectivity index (χ4v) is 2.84. The maximum Gasteiger partial charge on any atom is 0.0422 e. The van der Waals surface area contributed by atoms with Gasteiger partial charge in [-0.1, -0.05) is 42.6 Å². The fraction of sp³-hybridized carbons (Fsp3) is 0.0588. The first-order valence-corrected chi connectivity index (χ1v) is 7.19. The number of nitrogens with two attached hydrogens (primary N) is 1. The number of nitrogens with one attached hydrogen (secondary N) is 1. The Morgan fingerprint density at radius 2 is 1.85 bits per heavy atom. The van der Waals surface area contributed by atoms with Crippen molar-refractivity contribution in [3.05, 3.63) is 72.8 Å². The third kappa shape index (κ3) is 3.45. The molecule has 0 saturated carbocycles. The molecule has 0 aliphatic carbocycles. The molecule has 20 heavy (non-hydrogen) atoms. The zero-order valence-corrected chi connectivity index (χ0v) is 12.3. The monoisotopic (exact) mass is 282 g/mol. The highest BCUT2D eigenvalue weighted by molar-refractivity contribution is 8.08. The van der Waals surface area contributed by atoms with Crippen LogP contribution in [0.5, 0.6) is 0 Å². The van der Waals surface area contributed by atoms with Crippen molar-refractivity contribution in [3.8, 4) is 0 Å². The van der Waals surface area contributed by atoms with E-state index in [0.717, 1.165) is 26.7 Å². The largest absolute Gasteiger partial charge is 0.399 e. The highest BCUT2D eigenvalue weighted by Crippen LogP contribution is 2.37. The molecular formula is C17H18N2S. The van der Waals surface area contributed by atoms with Gasteiger partial charge in [0.05, 0.1) is 0 Å². The molecule has 2 rings (SSSR count). The Hall–Kier alpha value is -2.13. The number of para-hydroxylation sites is 1. The molecule has 3 N–H and O–H groups in total. The molecule has 0 aliphatic rings. The number of thioether (sulfide) groups is 1. The van der Waals surface area contributed by atoms with Crippen molar-refractivity contribution < 1.29 is 0 Å². The molecular weight excluding hydrogens is 264 g/mol. The van der Waals surface area contributed by atoms with Gasteiger partial charge in [-0.25, -0.2) is 0 Å². The lowest BCUT2D eigenvalue weighted by atomic mass is 10.1. The van der Waals surface area contributed by atoms with Crippen molar-refractivity contribution in [1.29, 1.82) is 0 Å². The SMILES string of the molecule is C=C/C=C(/Sc1ccc(N)cc1)c1ccccc1NC. The van der Waals surface area contributed by atoms with E-state index in [1.807, 2.05) is 55.6 Å². The van der Waals surface area contributed by atoms with Crippen molar-refractivity contribution >= 4 is 28.0 Å². The van der Waals surface area contributed by atoms with Gasteiger partial charge in [-0.2, -0.15) is 0 Å². The van der Waals surface area contributed by atoms with Crippen LogP contribution < -0.4 is 11.1 Å². The summed E-state index contributed by atoms with van der Waals surface area (Å²) in [7, 11) is 1.93. The van der Waals surface area contributed by atoms with Gasteiger partial charge in [-0.05, 0) is 36.4 Å². The van der Waals surface area contributed by atoms with Crippen LogP contribution in [0, 0.1) is 0 Å². The smallest absolute Gasteiger partial charge is 0.0422 e. The van der Waals surface area contributed by atoms with Gasteiger partial charge < -0.3 is 11.1 Å². The van der Waals surface area contributed by atoms with E-state index in [1.165, 1.54) is 0 Å². The number of nitrogen functional groups attached to an aromatic ring is 1. The Kier molecular flexibility index (Phi) is 4.91. The number of hydrogen-bond acceptors (Lipinski definition) is 3. The van der Waals surface area contributed by atoms with Crippen LogP contribution in [0.4, 0.5) is 11.4 Å². The minimum Gasteiger partial charge on any atom is -0.399 e. The molecule has 2 aromatic rings. The van der Waals surface area contributed by atoms with Crippen LogP contribution in [-0.4, -0.2) is 7.05 Å². The summed E-state index contributed by atoms with van der Waals surface area (Å²) in [6.07, 6.45) is 3.84. The van der Waals surface area contributed by atoms with Crippen molar-refractivity contribution in [2.24, 2.45) is 0 Å². The average Bonchev–Trinajstić information content (AvgIpc) is 2.49. The second-order valence-corrected chi connectivity index (χ2v) is 5.35. The summed E-state index contributed by atoms with van der Waals surface area (Å²) in [6.45, 7) is 3.81. The first-order valence-electron chi connectivity index (χ1n) is 6.38. The first kappa shape index (κ1) is 14.3. The molecule has 0 saturated heterocycles. The molecule has 0 fully saturated rings. The number of hydrogen-bond donors (Lipinski definition) is 2. The van der Waals surface area contributed by atoms with Crippen LogP contribution in [0.3, 0.4) is 0 Å². The zero-order valence-electron chi connectivity index (χ0n) is 11.5. The van der Waals surface area contributed by atoms with Gasteiger partial charge in [-0.15, -0.1) is 0 Å². The molecule has 0 unspecified atom stereocenters. The second-order valence-electron chi connectivity index (χ2n) is 4.23. The topological polar surface area (TPSA) is 38.0 Å². The lowest BCUT2D eigenvalue weighted by molar-refractivity contribution is 1.46. The summed E-state index contributed by atoms with van der Waals surface area (Å²) in [4.78, 5) is 2.30. The molecule has 0 aliphatic heterocycles. The van der Waals surface area contributed by atoms with E-state index in [2.05, 4.69) is 24.0 Å². The molecule has 102 valence electrons. The summed E-state index contributed by atoms with van der Waals surface area (Å²) >= 11 is 1.70. The van der Waals surface area contributed by atoms with Crippen molar-refractivity contribution in [1.82, 2.24) is 0 Å². The summed E-state index contributed by atoms with van der Waals surface area (Å²) in [5.74, 6) is 0. The molecule has 0 aromatic heterocycles. The number of rotatable bonds is 5. The van der Waals surface area contributed by atoms with Crippen molar-refractivity contribution in [3.63, 3.8) is 0 Å². The predicted molar refractivity (Wildman–Crippen MR) is 90.9 cm³/mol. The van der Waals surface area contributed by atoms with E-state index < -0.39 is 0 Å². The van der Waals surface area contributed by atoms with Gasteiger partial charge >= 0.3 is 0 Å². The molecule has 0 spiro atoms. The third-order valence-electron chi connectivity index (χ3n) is 2.84. The van der Waals surface area contributed by atoms with Crippen molar-refractivity contribution in [2.45, 2.75) is 4.90 Å². The predicted octanol–water partition coefficient (Wildman–Crippen LogP) is 4.63. The lowest BCUT2D eigenvalue weighted by Crippen LogP contribution is -1.93.